The molecule has 38 heavy (non-hydrogen) atoms. The van der Waals surface area contributed by atoms with Crippen LogP contribution in [0, 0.1) is 11.3 Å². The maximum absolute atomic E-state index is 13.4. The number of nitrogens with zero attached hydrogens (tertiary/aromatic N) is 1. The van der Waals surface area contributed by atoms with Crippen molar-refractivity contribution in [1.29, 1.82) is 0 Å². The molecule has 0 aromatic rings. The SMILES string of the molecule is C=CC1(C(=O)N[C@H](C(=O)N[C@@H](C)C(=O)N2CCC[C@@H](C(=O)OCC(Cl)(Cl)Cl)N2)C(C)C)CCOC(C)(C)C1. The normalized spacial score (nSPS) is 25.2. The van der Waals surface area contributed by atoms with Crippen LogP contribution in [0.15, 0.2) is 12.7 Å². The van der Waals surface area contributed by atoms with Crippen molar-refractivity contribution in [3.05, 3.63) is 12.7 Å². The van der Waals surface area contributed by atoms with E-state index < -0.39 is 57.3 Å². The first-order chi connectivity index (χ1) is 17.5. The molecular weight excluding hydrogens is 559 g/mol. The molecule has 216 valence electrons. The molecule has 0 aromatic heterocycles. The highest BCUT2D eigenvalue weighted by atomic mass is 35.6. The molecule has 0 aromatic carbocycles. The molecule has 2 fully saturated rings. The van der Waals surface area contributed by atoms with Crippen LogP contribution in [-0.4, -0.2) is 76.0 Å². The van der Waals surface area contributed by atoms with Gasteiger partial charge in [0.1, 0.15) is 24.7 Å². The largest absolute Gasteiger partial charge is 0.460 e. The van der Waals surface area contributed by atoms with Gasteiger partial charge < -0.3 is 20.1 Å². The summed E-state index contributed by atoms with van der Waals surface area (Å²) in [4.78, 5) is 52.0. The molecule has 2 saturated heterocycles. The lowest BCUT2D eigenvalue weighted by Gasteiger charge is -2.42. The molecule has 0 saturated carbocycles. The first-order valence-electron chi connectivity index (χ1n) is 12.7. The third-order valence-electron chi connectivity index (χ3n) is 6.70. The van der Waals surface area contributed by atoms with Gasteiger partial charge >= 0.3 is 5.97 Å². The molecule has 0 aliphatic carbocycles. The summed E-state index contributed by atoms with van der Waals surface area (Å²) in [6.45, 7) is 13.2. The van der Waals surface area contributed by atoms with Crippen molar-refractivity contribution in [3.8, 4) is 0 Å². The van der Waals surface area contributed by atoms with Gasteiger partial charge in [-0.15, -0.1) is 6.58 Å². The van der Waals surface area contributed by atoms with Crippen LogP contribution >= 0.6 is 34.8 Å². The molecule has 4 atom stereocenters. The monoisotopic (exact) mass is 596 g/mol. The third-order valence-corrected chi connectivity index (χ3v) is 7.03. The minimum Gasteiger partial charge on any atom is -0.460 e. The summed E-state index contributed by atoms with van der Waals surface area (Å²) < 4.78 is 9.03. The highest BCUT2D eigenvalue weighted by Crippen LogP contribution is 2.40. The average Bonchev–Trinajstić information content (AvgIpc) is 2.83. The zero-order chi connectivity index (χ0) is 28.9. The lowest BCUT2D eigenvalue weighted by atomic mass is 9.73. The average molecular weight is 598 g/mol. The number of alkyl halides is 3. The summed E-state index contributed by atoms with van der Waals surface area (Å²) in [6.07, 6.45) is 3.48. The van der Waals surface area contributed by atoms with Gasteiger partial charge in [-0.2, -0.15) is 0 Å². The molecule has 3 N–H and O–H groups in total. The Morgan fingerprint density at radius 3 is 2.42 bits per heavy atom. The Bertz CT molecular complexity index is 910. The Kier molecular flexibility index (Phi) is 11.3. The molecule has 3 amide bonds. The smallest absolute Gasteiger partial charge is 0.325 e. The van der Waals surface area contributed by atoms with Gasteiger partial charge in [0.25, 0.3) is 5.91 Å². The van der Waals surface area contributed by atoms with Crippen molar-refractivity contribution in [2.45, 2.75) is 87.8 Å². The summed E-state index contributed by atoms with van der Waals surface area (Å²) in [5, 5.41) is 6.85. The number of carbonyl (C=O) groups is 4. The molecule has 2 aliphatic heterocycles. The van der Waals surface area contributed by atoms with E-state index in [9.17, 15) is 19.2 Å². The molecule has 2 rings (SSSR count). The molecule has 2 aliphatic rings. The van der Waals surface area contributed by atoms with Gasteiger partial charge in [0.05, 0.1) is 11.0 Å². The van der Waals surface area contributed by atoms with Crippen molar-refractivity contribution in [3.63, 3.8) is 0 Å². The number of hydrogen-bond donors (Lipinski definition) is 3. The quantitative estimate of drug-likeness (QED) is 0.212. The Morgan fingerprint density at radius 2 is 1.87 bits per heavy atom. The second-order valence-electron chi connectivity index (χ2n) is 10.9. The number of amides is 3. The Hall–Kier alpha value is -1.59. The van der Waals surface area contributed by atoms with Crippen molar-refractivity contribution in [2.24, 2.45) is 11.3 Å². The molecule has 0 bridgehead atoms. The van der Waals surface area contributed by atoms with Crippen molar-refractivity contribution in [2.75, 3.05) is 19.8 Å². The summed E-state index contributed by atoms with van der Waals surface area (Å²) in [5.41, 5.74) is 1.45. The maximum Gasteiger partial charge on any atom is 0.325 e. The molecule has 0 spiro atoms. The molecule has 0 radical (unpaired) electrons. The first kappa shape index (κ1) is 32.6. The van der Waals surface area contributed by atoms with E-state index in [2.05, 4.69) is 22.6 Å². The van der Waals surface area contributed by atoms with Crippen LogP contribution in [0.1, 0.15) is 60.3 Å². The zero-order valence-electron chi connectivity index (χ0n) is 22.6. The molecular formula is C25H39Cl3N4O6. The molecule has 13 heteroatoms. The fourth-order valence-electron chi connectivity index (χ4n) is 4.66. The van der Waals surface area contributed by atoms with Gasteiger partial charge in [0.15, 0.2) is 0 Å². The standard InChI is InChI=1S/C25H39Cl3N4O6/c1-7-24(10-12-38-23(5,6)13-24)22(36)30-18(15(2)3)19(33)29-16(4)20(34)32-11-8-9-17(31-32)21(35)37-14-25(26,27)28/h7,15-18,31H,1,8-14H2,2-6H3,(H,29,33)(H,30,36)/t16-,17-,18-,24?/m0/s1. The molecule has 10 nitrogen and oxygen atoms in total. The van der Waals surface area contributed by atoms with E-state index in [1.807, 2.05) is 27.7 Å². The summed E-state index contributed by atoms with van der Waals surface area (Å²) in [7, 11) is 0. The number of rotatable bonds is 9. The number of carbonyl (C=O) groups excluding carboxylic acids is 4. The lowest BCUT2D eigenvalue weighted by molar-refractivity contribution is -0.153. The van der Waals surface area contributed by atoms with E-state index >= 15 is 0 Å². The van der Waals surface area contributed by atoms with Gasteiger partial charge in [-0.25, -0.2) is 5.43 Å². The second kappa shape index (κ2) is 13.2. The van der Waals surface area contributed by atoms with Gasteiger partial charge in [0, 0.05) is 13.2 Å². The highest BCUT2D eigenvalue weighted by Gasteiger charge is 2.45. The number of hydrogen-bond acceptors (Lipinski definition) is 7. The minimum atomic E-state index is -1.74. The van der Waals surface area contributed by atoms with Crippen LogP contribution in [0.25, 0.3) is 0 Å². The van der Waals surface area contributed by atoms with Crippen LogP contribution in [0.2, 0.25) is 0 Å². The van der Waals surface area contributed by atoms with Crippen LogP contribution in [-0.2, 0) is 28.7 Å². The van der Waals surface area contributed by atoms with Gasteiger partial charge in [-0.1, -0.05) is 54.7 Å². The van der Waals surface area contributed by atoms with Gasteiger partial charge in [-0.3, -0.25) is 24.2 Å². The molecule has 1 unspecified atom stereocenters. The van der Waals surface area contributed by atoms with Crippen molar-refractivity contribution < 1.29 is 28.7 Å². The fourth-order valence-corrected chi connectivity index (χ4v) is 4.82. The van der Waals surface area contributed by atoms with E-state index in [0.29, 0.717) is 38.8 Å². The number of halogens is 3. The summed E-state index contributed by atoms with van der Waals surface area (Å²) in [6, 6.07) is -2.61. The topological polar surface area (TPSA) is 126 Å². The fraction of sp³-hybridized carbons (Fsp3) is 0.760. The van der Waals surface area contributed by atoms with Crippen molar-refractivity contribution >= 4 is 58.5 Å². The number of hydrazine groups is 1. The van der Waals surface area contributed by atoms with Crippen LogP contribution in [0.4, 0.5) is 0 Å². The Morgan fingerprint density at radius 1 is 1.21 bits per heavy atom. The van der Waals surface area contributed by atoms with Gasteiger partial charge in [-0.05, 0) is 52.4 Å². The van der Waals surface area contributed by atoms with Crippen LogP contribution < -0.4 is 16.1 Å². The van der Waals surface area contributed by atoms with E-state index in [1.54, 1.807) is 6.08 Å². The zero-order valence-corrected chi connectivity index (χ0v) is 24.8. The summed E-state index contributed by atoms with van der Waals surface area (Å²) >= 11 is 16.9. The predicted octanol–water partition coefficient (Wildman–Crippen LogP) is 2.80. The third kappa shape index (κ3) is 8.98. The van der Waals surface area contributed by atoms with E-state index in [0.717, 1.165) is 0 Å². The van der Waals surface area contributed by atoms with Crippen molar-refractivity contribution in [1.82, 2.24) is 21.1 Å². The lowest BCUT2D eigenvalue weighted by Crippen LogP contribution is -2.61. The number of nitrogens with one attached hydrogen (secondary N) is 3. The summed E-state index contributed by atoms with van der Waals surface area (Å²) in [5.74, 6) is -2.14. The van der Waals surface area contributed by atoms with Crippen LogP contribution in [0.3, 0.4) is 0 Å². The second-order valence-corrected chi connectivity index (χ2v) is 13.4. The minimum absolute atomic E-state index is 0.249. The highest BCUT2D eigenvalue weighted by molar-refractivity contribution is 6.67. The Labute approximate surface area is 239 Å². The van der Waals surface area contributed by atoms with Gasteiger partial charge in [0.2, 0.25) is 15.6 Å². The van der Waals surface area contributed by atoms with E-state index in [-0.39, 0.29) is 11.8 Å². The molecule has 2 heterocycles. The Balaban J connectivity index is 2.01. The van der Waals surface area contributed by atoms with E-state index in [1.165, 1.54) is 11.9 Å². The van der Waals surface area contributed by atoms with E-state index in [4.69, 9.17) is 44.3 Å². The predicted molar refractivity (Wildman–Crippen MR) is 145 cm³/mol. The number of ether oxygens (including phenoxy) is 2. The first-order valence-corrected chi connectivity index (χ1v) is 13.8. The number of esters is 1. The maximum atomic E-state index is 13.4. The van der Waals surface area contributed by atoms with Crippen LogP contribution in [0.5, 0.6) is 0 Å².